The second-order valence-corrected chi connectivity index (χ2v) is 13.5. The van der Waals surface area contributed by atoms with E-state index in [9.17, 15) is 19.5 Å². The summed E-state index contributed by atoms with van der Waals surface area (Å²) in [6, 6.07) is 6.09. The number of thiazole rings is 1. The van der Waals surface area contributed by atoms with E-state index in [1.54, 1.807) is 11.3 Å². The van der Waals surface area contributed by atoms with Gasteiger partial charge in [-0.15, -0.1) is 11.3 Å². The van der Waals surface area contributed by atoms with E-state index in [-0.39, 0.29) is 57.5 Å². The summed E-state index contributed by atoms with van der Waals surface area (Å²) < 4.78 is 21.6. The van der Waals surface area contributed by atoms with Crippen LogP contribution in [0.2, 0.25) is 0 Å². The number of aliphatic hydroxyl groups is 1. The minimum Gasteiger partial charge on any atom is -0.391 e. The number of β-amino-alcohol motifs (C(OH)–C–C–N with tert-alkyl or cyclic N) is 1. The fourth-order valence-electron chi connectivity index (χ4n) is 5.09. The maximum atomic E-state index is 13.8. The molecular weight excluding hydrogens is 654 g/mol. The molecule has 2 heterocycles. The highest BCUT2D eigenvalue weighted by molar-refractivity contribution is 7.13. The first kappa shape index (κ1) is 39.8. The van der Waals surface area contributed by atoms with Crippen molar-refractivity contribution in [2.45, 2.75) is 65.3 Å². The number of nitrogens with one attached hydrogen (secondary N) is 2. The Morgan fingerprint density at radius 1 is 1.04 bits per heavy atom. The average molecular weight is 704 g/mol. The third-order valence-corrected chi connectivity index (χ3v) is 8.68. The zero-order valence-electron chi connectivity index (χ0n) is 28.8. The molecule has 1 aliphatic heterocycles. The number of hydrogen-bond acceptors (Lipinski definition) is 11. The number of carbonyl (C=O) groups excluding carboxylic acids is 3. The fraction of sp³-hybridized carbons (Fsp3) is 0.636. The summed E-state index contributed by atoms with van der Waals surface area (Å²) in [7, 11) is 0. The van der Waals surface area contributed by atoms with Crippen LogP contribution in [0, 0.1) is 12.3 Å². The topological polar surface area (TPSA) is 197 Å². The molecule has 49 heavy (non-hydrogen) atoms. The summed E-state index contributed by atoms with van der Waals surface area (Å²) in [5.41, 5.74) is 12.3. The normalized spacial score (nSPS) is 16.6. The van der Waals surface area contributed by atoms with Crippen molar-refractivity contribution in [3.63, 3.8) is 0 Å². The highest BCUT2D eigenvalue weighted by atomic mass is 32.1. The molecule has 3 N–H and O–H groups in total. The Kier molecular flexibility index (Phi) is 16.9. The van der Waals surface area contributed by atoms with E-state index in [0.717, 1.165) is 21.7 Å². The first-order valence-electron chi connectivity index (χ1n) is 16.4. The number of hydrogen-bond donors (Lipinski definition) is 3. The van der Waals surface area contributed by atoms with Crippen molar-refractivity contribution in [3.05, 3.63) is 51.5 Å². The molecule has 270 valence electrons. The van der Waals surface area contributed by atoms with Crippen LogP contribution in [-0.2, 0) is 39.9 Å². The number of nitrogens with zero attached hydrogens (tertiary/aromatic N) is 5. The van der Waals surface area contributed by atoms with E-state index in [2.05, 4.69) is 25.6 Å². The number of likely N-dealkylation sites (tertiary alicyclic amines) is 1. The molecular formula is C33H49N7O8S. The predicted octanol–water partition coefficient (Wildman–Crippen LogP) is 2.99. The molecule has 2 aromatic rings. The number of amides is 3. The molecule has 0 bridgehead atoms. The van der Waals surface area contributed by atoms with Crippen molar-refractivity contribution >= 4 is 29.1 Å². The van der Waals surface area contributed by atoms with Crippen molar-refractivity contribution in [2.75, 3.05) is 65.9 Å². The number of ether oxygens (including phenoxy) is 4. The van der Waals surface area contributed by atoms with Gasteiger partial charge in [0.05, 0.1) is 75.0 Å². The Bertz CT molecular complexity index is 1380. The average Bonchev–Trinajstić information content (AvgIpc) is 3.68. The second-order valence-electron chi connectivity index (χ2n) is 12.6. The van der Waals surface area contributed by atoms with Crippen LogP contribution in [0.25, 0.3) is 20.9 Å². The monoisotopic (exact) mass is 703 g/mol. The van der Waals surface area contributed by atoms with Crippen molar-refractivity contribution in [2.24, 2.45) is 10.5 Å². The lowest BCUT2D eigenvalue weighted by molar-refractivity contribution is -0.144. The molecule has 1 aromatic heterocycles. The van der Waals surface area contributed by atoms with E-state index < -0.39 is 29.5 Å². The summed E-state index contributed by atoms with van der Waals surface area (Å²) in [5.74, 6) is -1.14. The summed E-state index contributed by atoms with van der Waals surface area (Å²) in [4.78, 5) is 49.3. The molecule has 0 radical (unpaired) electrons. The Morgan fingerprint density at radius 2 is 1.65 bits per heavy atom. The van der Waals surface area contributed by atoms with E-state index in [1.807, 2.05) is 57.5 Å². The van der Waals surface area contributed by atoms with Gasteiger partial charge in [0.1, 0.15) is 12.1 Å². The quantitative estimate of drug-likeness (QED) is 0.0758. The molecule has 0 saturated carbocycles. The van der Waals surface area contributed by atoms with E-state index >= 15 is 0 Å². The maximum Gasteiger partial charge on any atom is 0.246 e. The third kappa shape index (κ3) is 13.7. The smallest absolute Gasteiger partial charge is 0.246 e. The highest BCUT2D eigenvalue weighted by Gasteiger charge is 2.44. The largest absolute Gasteiger partial charge is 0.391 e. The van der Waals surface area contributed by atoms with Gasteiger partial charge in [0, 0.05) is 37.4 Å². The van der Waals surface area contributed by atoms with Gasteiger partial charge in [-0.05, 0) is 29.0 Å². The van der Waals surface area contributed by atoms with Gasteiger partial charge in [-0.2, -0.15) is 0 Å². The van der Waals surface area contributed by atoms with Crippen LogP contribution in [0.5, 0.6) is 0 Å². The van der Waals surface area contributed by atoms with Gasteiger partial charge in [-0.3, -0.25) is 14.4 Å². The molecule has 15 nitrogen and oxygen atoms in total. The predicted molar refractivity (Wildman–Crippen MR) is 184 cm³/mol. The molecule has 16 heteroatoms. The Balaban J connectivity index is 1.38. The number of aryl methyl sites for hydroxylation is 1. The van der Waals surface area contributed by atoms with Crippen molar-refractivity contribution in [3.8, 4) is 10.4 Å². The number of aromatic nitrogens is 1. The number of benzene rings is 1. The van der Waals surface area contributed by atoms with Crippen LogP contribution in [0.3, 0.4) is 0 Å². The van der Waals surface area contributed by atoms with E-state index in [0.29, 0.717) is 39.6 Å². The molecule has 3 atom stereocenters. The lowest BCUT2D eigenvalue weighted by Crippen LogP contribution is -2.57. The standard InChI is InChI=1S/C33H49N7O8S/c1-23-29(49-22-36-23)25-7-5-24(6-8-25)20-35-31(43)27-19-26(41)21-40(27)32(44)30(33(2,3)4)38-28(42)9-11-45-13-15-47-17-18-48-16-14-46-12-10-37-39-34/h5-8,22,26-27,30,41H,9-21H2,1-4H3,(H,35,43)(H,38,42). The lowest BCUT2D eigenvalue weighted by atomic mass is 9.85. The number of carbonyl (C=O) groups is 3. The van der Waals surface area contributed by atoms with Crippen LogP contribution < -0.4 is 10.6 Å². The van der Waals surface area contributed by atoms with Gasteiger partial charge in [0.25, 0.3) is 0 Å². The minimum atomic E-state index is -0.914. The molecule has 3 rings (SSSR count). The Hall–Kier alpha value is -3.63. The lowest BCUT2D eigenvalue weighted by Gasteiger charge is -2.35. The van der Waals surface area contributed by atoms with E-state index in [4.69, 9.17) is 24.5 Å². The Labute approximate surface area is 291 Å². The summed E-state index contributed by atoms with van der Waals surface area (Å²) in [6.07, 6.45) is -0.699. The van der Waals surface area contributed by atoms with Crippen molar-refractivity contribution in [1.29, 1.82) is 0 Å². The highest BCUT2D eigenvalue weighted by Crippen LogP contribution is 2.28. The van der Waals surface area contributed by atoms with Crippen LogP contribution in [0.15, 0.2) is 34.9 Å². The van der Waals surface area contributed by atoms with Crippen molar-refractivity contribution in [1.82, 2.24) is 20.5 Å². The number of azide groups is 1. The SMILES string of the molecule is Cc1ncsc1-c1ccc(CNC(=O)C2CC(O)CN2C(=O)C(NC(=O)CCOCCOCCOCCOCCN=[N+]=[N-])C(C)(C)C)cc1. The van der Waals surface area contributed by atoms with Crippen LogP contribution >= 0.6 is 11.3 Å². The molecule has 1 saturated heterocycles. The van der Waals surface area contributed by atoms with Gasteiger partial charge in [0.2, 0.25) is 17.7 Å². The molecule has 1 aromatic carbocycles. The van der Waals surface area contributed by atoms with Gasteiger partial charge in [0.15, 0.2) is 0 Å². The fourth-order valence-corrected chi connectivity index (χ4v) is 5.90. The summed E-state index contributed by atoms with van der Waals surface area (Å²) >= 11 is 1.57. The first-order valence-corrected chi connectivity index (χ1v) is 17.3. The maximum absolute atomic E-state index is 13.8. The number of aliphatic hydroxyl groups excluding tert-OH is 1. The van der Waals surface area contributed by atoms with Crippen LogP contribution in [0.1, 0.15) is 44.9 Å². The molecule has 1 aliphatic rings. The first-order chi connectivity index (χ1) is 23.5. The van der Waals surface area contributed by atoms with Gasteiger partial charge in [-0.1, -0.05) is 50.2 Å². The van der Waals surface area contributed by atoms with Gasteiger partial charge in [-0.25, -0.2) is 4.98 Å². The van der Waals surface area contributed by atoms with Crippen molar-refractivity contribution < 1.29 is 38.4 Å². The minimum absolute atomic E-state index is 0.00305. The molecule has 3 amide bonds. The molecule has 0 spiro atoms. The molecule has 3 unspecified atom stereocenters. The summed E-state index contributed by atoms with van der Waals surface area (Å²) in [5, 5.41) is 19.6. The van der Waals surface area contributed by atoms with Crippen LogP contribution in [-0.4, -0.2) is 117 Å². The zero-order valence-corrected chi connectivity index (χ0v) is 29.6. The second kappa shape index (κ2) is 20.8. The van der Waals surface area contributed by atoms with Gasteiger partial charge >= 0.3 is 0 Å². The zero-order chi connectivity index (χ0) is 35.6. The summed E-state index contributed by atoms with van der Waals surface area (Å²) in [6.45, 7) is 10.7. The molecule has 1 fully saturated rings. The molecule has 0 aliphatic carbocycles. The van der Waals surface area contributed by atoms with E-state index in [1.165, 1.54) is 4.90 Å². The number of rotatable bonds is 21. The third-order valence-electron chi connectivity index (χ3n) is 7.70. The van der Waals surface area contributed by atoms with Gasteiger partial charge < -0.3 is 39.6 Å². The Morgan fingerprint density at radius 3 is 2.22 bits per heavy atom. The van der Waals surface area contributed by atoms with Crippen LogP contribution in [0.4, 0.5) is 0 Å².